The molecule has 0 bridgehead atoms. The van der Waals surface area contributed by atoms with Crippen molar-refractivity contribution < 1.29 is 0 Å². The number of halogens is 2. The van der Waals surface area contributed by atoms with Gasteiger partial charge in [-0.2, -0.15) is 0 Å². The molecule has 0 radical (unpaired) electrons. The largest absolute Gasteiger partial charge is 0.330 e. The molecule has 0 aromatic carbocycles. The van der Waals surface area contributed by atoms with E-state index in [-0.39, 0.29) is 24.8 Å². The van der Waals surface area contributed by atoms with Gasteiger partial charge in [0.15, 0.2) is 0 Å². The van der Waals surface area contributed by atoms with Gasteiger partial charge in [-0.25, -0.2) is 0 Å². The first-order valence-corrected chi connectivity index (χ1v) is 5.94. The van der Waals surface area contributed by atoms with E-state index in [1.165, 1.54) is 37.7 Å². The van der Waals surface area contributed by atoms with Crippen molar-refractivity contribution in [2.24, 2.45) is 11.1 Å². The number of hydrogen-bond donors (Lipinski definition) is 1. The van der Waals surface area contributed by atoms with Crippen LogP contribution in [0, 0.1) is 5.41 Å². The molecule has 0 aliphatic heterocycles. The topological polar surface area (TPSA) is 38.9 Å². The monoisotopic (exact) mass is 276 g/mol. The van der Waals surface area contributed by atoms with Crippen LogP contribution in [-0.4, -0.2) is 11.5 Å². The highest BCUT2D eigenvalue weighted by molar-refractivity contribution is 5.85. The first kappa shape index (κ1) is 16.7. The molecular weight excluding hydrogens is 255 g/mol. The molecule has 1 aromatic rings. The Morgan fingerprint density at radius 1 is 1.18 bits per heavy atom. The number of nitrogens with two attached hydrogens (primary N) is 1. The van der Waals surface area contributed by atoms with E-state index < -0.39 is 0 Å². The van der Waals surface area contributed by atoms with Gasteiger partial charge in [0.05, 0.1) is 0 Å². The summed E-state index contributed by atoms with van der Waals surface area (Å²) < 4.78 is 0. The zero-order chi connectivity index (χ0) is 10.6. The maximum atomic E-state index is 5.97. The molecule has 1 aliphatic rings. The number of nitrogens with zero attached hydrogens (tertiary/aromatic N) is 1. The Labute approximate surface area is 116 Å². The third kappa shape index (κ3) is 4.46. The summed E-state index contributed by atoms with van der Waals surface area (Å²) in [5.74, 6) is 0. The van der Waals surface area contributed by atoms with Crippen LogP contribution in [0.15, 0.2) is 24.5 Å². The molecule has 0 saturated heterocycles. The summed E-state index contributed by atoms with van der Waals surface area (Å²) in [5.41, 5.74) is 7.67. The van der Waals surface area contributed by atoms with Gasteiger partial charge in [0.2, 0.25) is 0 Å². The predicted octanol–water partition coefficient (Wildman–Crippen LogP) is 3.38. The van der Waals surface area contributed by atoms with Crippen molar-refractivity contribution >= 4 is 24.8 Å². The molecule has 1 fully saturated rings. The second-order valence-corrected chi connectivity index (χ2v) is 4.80. The summed E-state index contributed by atoms with van der Waals surface area (Å²) >= 11 is 0. The molecule has 1 aliphatic carbocycles. The second-order valence-electron chi connectivity index (χ2n) is 4.80. The van der Waals surface area contributed by atoms with E-state index in [2.05, 4.69) is 11.1 Å². The third-order valence-electron chi connectivity index (χ3n) is 3.65. The molecular formula is C13H22Cl2N2. The average molecular weight is 277 g/mol. The molecule has 2 rings (SSSR count). The Hall–Kier alpha value is -0.310. The van der Waals surface area contributed by atoms with Crippen molar-refractivity contribution in [3.63, 3.8) is 0 Å². The highest BCUT2D eigenvalue weighted by atomic mass is 35.5. The summed E-state index contributed by atoms with van der Waals surface area (Å²) in [6.45, 7) is 0.821. The summed E-state index contributed by atoms with van der Waals surface area (Å²) in [7, 11) is 0. The molecule has 17 heavy (non-hydrogen) atoms. The lowest BCUT2D eigenvalue weighted by molar-refractivity contribution is 0.197. The third-order valence-corrected chi connectivity index (χ3v) is 3.65. The smallest absolute Gasteiger partial charge is 0.0300 e. The van der Waals surface area contributed by atoms with Crippen LogP contribution < -0.4 is 5.73 Å². The van der Waals surface area contributed by atoms with Crippen LogP contribution in [0.4, 0.5) is 0 Å². The molecule has 4 heteroatoms. The van der Waals surface area contributed by atoms with Gasteiger partial charge >= 0.3 is 0 Å². The molecule has 0 spiro atoms. The maximum Gasteiger partial charge on any atom is 0.0300 e. The minimum absolute atomic E-state index is 0. The van der Waals surface area contributed by atoms with Gasteiger partial charge < -0.3 is 5.73 Å². The van der Waals surface area contributed by atoms with Gasteiger partial charge in [-0.3, -0.25) is 4.98 Å². The number of rotatable bonds is 3. The van der Waals surface area contributed by atoms with E-state index in [9.17, 15) is 0 Å². The summed E-state index contributed by atoms with van der Waals surface area (Å²) in [6.07, 6.45) is 11.6. The van der Waals surface area contributed by atoms with E-state index in [4.69, 9.17) is 5.73 Å². The van der Waals surface area contributed by atoms with Crippen molar-refractivity contribution in [2.75, 3.05) is 6.54 Å². The fourth-order valence-electron chi connectivity index (χ4n) is 2.69. The quantitative estimate of drug-likeness (QED) is 0.920. The Bertz CT molecular complexity index is 298. The van der Waals surface area contributed by atoms with E-state index >= 15 is 0 Å². The van der Waals surface area contributed by atoms with Crippen LogP contribution in [0.2, 0.25) is 0 Å². The zero-order valence-corrected chi connectivity index (χ0v) is 11.7. The lowest BCUT2D eigenvalue weighted by atomic mass is 9.70. The molecule has 0 amide bonds. The Morgan fingerprint density at radius 3 is 2.41 bits per heavy atom. The molecule has 2 nitrogen and oxygen atoms in total. The lowest BCUT2D eigenvalue weighted by Crippen LogP contribution is -2.34. The van der Waals surface area contributed by atoms with Gasteiger partial charge in [-0.15, -0.1) is 24.8 Å². The normalized spacial score (nSPS) is 17.7. The first-order valence-electron chi connectivity index (χ1n) is 5.94. The highest BCUT2D eigenvalue weighted by Gasteiger charge is 2.30. The van der Waals surface area contributed by atoms with Gasteiger partial charge in [0.1, 0.15) is 0 Å². The molecule has 1 aromatic heterocycles. The Kier molecular flexibility index (Phi) is 7.77. The Morgan fingerprint density at radius 2 is 1.88 bits per heavy atom. The van der Waals surface area contributed by atoms with Gasteiger partial charge in [0, 0.05) is 12.4 Å². The molecule has 0 atom stereocenters. The van der Waals surface area contributed by atoms with Crippen LogP contribution in [-0.2, 0) is 6.42 Å². The molecule has 98 valence electrons. The lowest BCUT2D eigenvalue weighted by Gasteiger charge is -2.36. The van der Waals surface area contributed by atoms with Crippen LogP contribution in [0.3, 0.4) is 0 Å². The summed E-state index contributed by atoms with van der Waals surface area (Å²) in [5, 5.41) is 0. The number of aromatic nitrogens is 1. The second kappa shape index (κ2) is 7.91. The fraction of sp³-hybridized carbons (Fsp3) is 0.615. The van der Waals surface area contributed by atoms with Gasteiger partial charge in [-0.05, 0) is 42.9 Å². The predicted molar refractivity (Wildman–Crippen MR) is 77.0 cm³/mol. The molecule has 0 unspecified atom stereocenters. The van der Waals surface area contributed by atoms with E-state index in [0.29, 0.717) is 5.41 Å². The first-order chi connectivity index (χ1) is 7.35. The standard InChI is InChI=1S/C13H20N2.2ClH/c14-11-13(6-2-1-3-7-13)9-12-5-4-8-15-10-12;;/h4-5,8,10H,1-3,6-7,9,11,14H2;2*1H. The maximum absolute atomic E-state index is 5.97. The van der Waals surface area contributed by atoms with E-state index in [0.717, 1.165) is 13.0 Å². The van der Waals surface area contributed by atoms with Crippen LogP contribution >= 0.6 is 24.8 Å². The van der Waals surface area contributed by atoms with E-state index in [1.54, 1.807) is 0 Å². The summed E-state index contributed by atoms with van der Waals surface area (Å²) in [4.78, 5) is 4.17. The van der Waals surface area contributed by atoms with Gasteiger partial charge in [0.25, 0.3) is 0 Å². The van der Waals surface area contributed by atoms with Crippen LogP contribution in [0.1, 0.15) is 37.7 Å². The van der Waals surface area contributed by atoms with Crippen molar-refractivity contribution in [1.82, 2.24) is 4.98 Å². The summed E-state index contributed by atoms with van der Waals surface area (Å²) in [6, 6.07) is 4.18. The molecule has 1 heterocycles. The van der Waals surface area contributed by atoms with Crippen LogP contribution in [0.5, 0.6) is 0 Å². The highest BCUT2D eigenvalue weighted by Crippen LogP contribution is 2.38. The number of hydrogen-bond acceptors (Lipinski definition) is 2. The van der Waals surface area contributed by atoms with Crippen molar-refractivity contribution in [3.05, 3.63) is 30.1 Å². The minimum Gasteiger partial charge on any atom is -0.330 e. The van der Waals surface area contributed by atoms with Crippen molar-refractivity contribution in [1.29, 1.82) is 0 Å². The SMILES string of the molecule is Cl.Cl.NCC1(Cc2cccnc2)CCCCC1. The minimum atomic E-state index is 0. The van der Waals surface area contributed by atoms with E-state index in [1.807, 2.05) is 18.5 Å². The molecule has 1 saturated carbocycles. The molecule has 2 N–H and O–H groups in total. The number of pyridine rings is 1. The fourth-order valence-corrected chi connectivity index (χ4v) is 2.69. The zero-order valence-electron chi connectivity index (χ0n) is 10.1. The van der Waals surface area contributed by atoms with Crippen molar-refractivity contribution in [3.8, 4) is 0 Å². The van der Waals surface area contributed by atoms with Crippen molar-refractivity contribution in [2.45, 2.75) is 38.5 Å². The van der Waals surface area contributed by atoms with Gasteiger partial charge in [-0.1, -0.05) is 25.3 Å². The van der Waals surface area contributed by atoms with Crippen LogP contribution in [0.25, 0.3) is 0 Å². The Balaban J connectivity index is 0.00000128. The average Bonchev–Trinajstić information content (AvgIpc) is 2.32.